The van der Waals surface area contributed by atoms with Crippen LogP contribution in [0.25, 0.3) is 5.76 Å². The van der Waals surface area contributed by atoms with Gasteiger partial charge in [0.15, 0.2) is 0 Å². The standard InChI is InChI=1S/C24H29NO5/c1-5-7-8-13-25-21(19-11-9-16(4)30-19)20(23(27)24(25)28)22(26)17-10-12-18(29-6-2)15(3)14-17/h9-12,14,21,26H,5-8,13H2,1-4H3/b22-20-. The molecule has 1 aromatic carbocycles. The fraction of sp³-hybridized carbons (Fsp3) is 0.417. The number of likely N-dealkylation sites (tertiary alicyclic amines) is 1. The molecule has 1 fully saturated rings. The quantitative estimate of drug-likeness (QED) is 0.289. The van der Waals surface area contributed by atoms with Gasteiger partial charge in [-0.2, -0.15) is 0 Å². The van der Waals surface area contributed by atoms with E-state index in [1.807, 2.05) is 20.8 Å². The first-order chi connectivity index (χ1) is 14.4. The zero-order valence-corrected chi connectivity index (χ0v) is 18.0. The number of furan rings is 1. The van der Waals surface area contributed by atoms with Crippen LogP contribution in [-0.4, -0.2) is 34.8 Å². The highest BCUT2D eigenvalue weighted by atomic mass is 16.5. The lowest BCUT2D eigenvalue weighted by molar-refractivity contribution is -0.140. The van der Waals surface area contributed by atoms with E-state index in [1.165, 1.54) is 4.90 Å². The number of amides is 1. The van der Waals surface area contributed by atoms with Crippen molar-refractivity contribution in [3.8, 4) is 5.75 Å². The molecule has 6 heteroatoms. The van der Waals surface area contributed by atoms with Gasteiger partial charge in [-0.3, -0.25) is 9.59 Å². The molecule has 0 spiro atoms. The molecule has 1 aromatic heterocycles. The fourth-order valence-electron chi connectivity index (χ4n) is 3.81. The maximum Gasteiger partial charge on any atom is 0.295 e. The van der Waals surface area contributed by atoms with Crippen molar-refractivity contribution in [2.45, 2.75) is 53.0 Å². The van der Waals surface area contributed by atoms with E-state index in [2.05, 4.69) is 6.92 Å². The van der Waals surface area contributed by atoms with E-state index in [0.717, 1.165) is 24.8 Å². The van der Waals surface area contributed by atoms with E-state index >= 15 is 0 Å². The number of aliphatic hydroxyl groups is 1. The first-order valence-electron chi connectivity index (χ1n) is 10.5. The van der Waals surface area contributed by atoms with Gasteiger partial charge in [0.05, 0.1) is 12.2 Å². The van der Waals surface area contributed by atoms with Gasteiger partial charge in [0, 0.05) is 12.1 Å². The highest BCUT2D eigenvalue weighted by molar-refractivity contribution is 6.46. The molecule has 1 atom stereocenters. The third-order valence-electron chi connectivity index (χ3n) is 5.32. The van der Waals surface area contributed by atoms with Crippen LogP contribution in [0.2, 0.25) is 0 Å². The van der Waals surface area contributed by atoms with Gasteiger partial charge < -0.3 is 19.2 Å². The number of carbonyl (C=O) groups is 2. The predicted molar refractivity (Wildman–Crippen MR) is 114 cm³/mol. The molecule has 3 rings (SSSR count). The van der Waals surface area contributed by atoms with E-state index in [-0.39, 0.29) is 11.3 Å². The van der Waals surface area contributed by atoms with Crippen molar-refractivity contribution in [3.63, 3.8) is 0 Å². The minimum atomic E-state index is -0.734. The third-order valence-corrected chi connectivity index (χ3v) is 5.32. The summed E-state index contributed by atoms with van der Waals surface area (Å²) in [5.74, 6) is 0.390. The maximum atomic E-state index is 12.9. The summed E-state index contributed by atoms with van der Waals surface area (Å²) in [5, 5.41) is 11.1. The summed E-state index contributed by atoms with van der Waals surface area (Å²) < 4.78 is 11.3. The Morgan fingerprint density at radius 2 is 1.90 bits per heavy atom. The Morgan fingerprint density at radius 1 is 1.13 bits per heavy atom. The molecule has 2 heterocycles. The molecule has 0 saturated carbocycles. The molecule has 1 N–H and O–H groups in total. The van der Waals surface area contributed by atoms with Crippen molar-refractivity contribution >= 4 is 17.4 Å². The van der Waals surface area contributed by atoms with Gasteiger partial charge in [-0.1, -0.05) is 19.8 Å². The average molecular weight is 411 g/mol. The van der Waals surface area contributed by atoms with Crippen LogP contribution in [0, 0.1) is 13.8 Å². The number of nitrogens with zero attached hydrogens (tertiary/aromatic N) is 1. The normalized spacial score (nSPS) is 18.3. The molecule has 0 radical (unpaired) electrons. The largest absolute Gasteiger partial charge is 0.507 e. The molecular formula is C24H29NO5. The Bertz CT molecular complexity index is 972. The molecule has 1 amide bonds. The first-order valence-corrected chi connectivity index (χ1v) is 10.5. The topological polar surface area (TPSA) is 80.0 Å². The van der Waals surface area contributed by atoms with Gasteiger partial charge in [0.25, 0.3) is 11.7 Å². The number of ether oxygens (including phenoxy) is 1. The van der Waals surface area contributed by atoms with Crippen molar-refractivity contribution in [1.29, 1.82) is 0 Å². The van der Waals surface area contributed by atoms with Crippen molar-refractivity contribution in [2.24, 2.45) is 0 Å². The summed E-state index contributed by atoms with van der Waals surface area (Å²) in [6.45, 7) is 8.63. The number of aliphatic hydroxyl groups excluding tert-OH is 1. The summed E-state index contributed by atoms with van der Waals surface area (Å²) >= 11 is 0. The Hall–Kier alpha value is -3.02. The second-order valence-corrected chi connectivity index (χ2v) is 7.56. The Kier molecular flexibility index (Phi) is 6.65. The zero-order chi connectivity index (χ0) is 21.8. The number of hydrogen-bond acceptors (Lipinski definition) is 5. The van der Waals surface area contributed by atoms with Crippen LogP contribution in [0.5, 0.6) is 5.75 Å². The number of rotatable bonds is 8. The minimum absolute atomic E-state index is 0.0643. The lowest BCUT2D eigenvalue weighted by Gasteiger charge is -2.23. The summed E-state index contributed by atoms with van der Waals surface area (Å²) in [6.07, 6.45) is 2.73. The average Bonchev–Trinajstić information content (AvgIpc) is 3.25. The van der Waals surface area contributed by atoms with Crippen LogP contribution < -0.4 is 4.74 Å². The number of benzene rings is 1. The Morgan fingerprint density at radius 3 is 2.50 bits per heavy atom. The third kappa shape index (κ3) is 4.13. The highest BCUT2D eigenvalue weighted by Gasteiger charge is 2.47. The van der Waals surface area contributed by atoms with Crippen LogP contribution >= 0.6 is 0 Å². The lowest BCUT2D eigenvalue weighted by Crippen LogP contribution is -2.30. The van der Waals surface area contributed by atoms with E-state index in [1.54, 1.807) is 30.3 Å². The molecule has 1 aliphatic heterocycles. The van der Waals surface area contributed by atoms with Gasteiger partial charge in [-0.05, 0) is 63.1 Å². The molecule has 160 valence electrons. The lowest BCUT2D eigenvalue weighted by atomic mass is 9.98. The van der Waals surface area contributed by atoms with Crippen molar-refractivity contribution in [1.82, 2.24) is 4.90 Å². The van der Waals surface area contributed by atoms with Crippen molar-refractivity contribution < 1.29 is 23.8 Å². The molecule has 1 unspecified atom stereocenters. The van der Waals surface area contributed by atoms with Crippen LogP contribution in [0.4, 0.5) is 0 Å². The predicted octanol–water partition coefficient (Wildman–Crippen LogP) is 4.91. The van der Waals surface area contributed by atoms with E-state index in [9.17, 15) is 14.7 Å². The van der Waals surface area contributed by atoms with Gasteiger partial charge in [-0.15, -0.1) is 0 Å². The SMILES string of the molecule is CCCCCN1C(=O)C(=O)/C(=C(\O)c2ccc(OCC)c(C)c2)C1c1ccc(C)o1. The maximum absolute atomic E-state index is 12.9. The number of unbranched alkanes of at least 4 members (excludes halogenated alkanes) is 2. The summed E-state index contributed by atoms with van der Waals surface area (Å²) in [4.78, 5) is 27.3. The van der Waals surface area contributed by atoms with Crippen LogP contribution in [0.1, 0.15) is 61.8 Å². The molecular weight excluding hydrogens is 382 g/mol. The second kappa shape index (κ2) is 9.20. The zero-order valence-electron chi connectivity index (χ0n) is 18.0. The molecule has 1 saturated heterocycles. The molecule has 2 aromatic rings. The Labute approximate surface area is 177 Å². The minimum Gasteiger partial charge on any atom is -0.507 e. The van der Waals surface area contributed by atoms with Crippen LogP contribution in [0.3, 0.4) is 0 Å². The monoisotopic (exact) mass is 411 g/mol. The molecule has 0 bridgehead atoms. The number of aryl methyl sites for hydroxylation is 2. The van der Waals surface area contributed by atoms with Gasteiger partial charge in [0.1, 0.15) is 29.1 Å². The van der Waals surface area contributed by atoms with E-state index in [4.69, 9.17) is 9.15 Å². The van der Waals surface area contributed by atoms with Crippen LogP contribution in [0.15, 0.2) is 40.3 Å². The number of Topliss-reactive ketones (excluding diaryl/α,β-unsaturated/α-hetero) is 1. The van der Waals surface area contributed by atoms with Gasteiger partial charge in [-0.25, -0.2) is 0 Å². The second-order valence-electron chi connectivity index (χ2n) is 7.56. The smallest absolute Gasteiger partial charge is 0.295 e. The number of hydrogen-bond donors (Lipinski definition) is 1. The summed E-state index contributed by atoms with van der Waals surface area (Å²) in [7, 11) is 0. The van der Waals surface area contributed by atoms with Crippen molar-refractivity contribution in [2.75, 3.05) is 13.2 Å². The number of carbonyl (C=O) groups excluding carboxylic acids is 2. The van der Waals surface area contributed by atoms with E-state index < -0.39 is 17.7 Å². The number of ketones is 1. The van der Waals surface area contributed by atoms with Gasteiger partial charge >= 0.3 is 0 Å². The van der Waals surface area contributed by atoms with Crippen molar-refractivity contribution in [3.05, 3.63) is 58.6 Å². The molecule has 1 aliphatic rings. The fourth-order valence-corrected chi connectivity index (χ4v) is 3.81. The van der Waals surface area contributed by atoms with Gasteiger partial charge in [0.2, 0.25) is 0 Å². The first kappa shape index (κ1) is 21.7. The van der Waals surface area contributed by atoms with E-state index in [0.29, 0.717) is 36.0 Å². The Balaban J connectivity index is 2.08. The molecule has 30 heavy (non-hydrogen) atoms. The highest BCUT2D eigenvalue weighted by Crippen LogP contribution is 2.40. The molecule has 0 aliphatic carbocycles. The van der Waals surface area contributed by atoms with Crippen LogP contribution in [-0.2, 0) is 9.59 Å². The summed E-state index contributed by atoms with van der Waals surface area (Å²) in [6, 6.07) is 8.04. The summed E-state index contributed by atoms with van der Waals surface area (Å²) in [5.41, 5.74) is 1.37. The molecule has 6 nitrogen and oxygen atoms in total.